The van der Waals surface area contributed by atoms with E-state index >= 15 is 0 Å². The third-order valence-electron chi connectivity index (χ3n) is 5.65. The number of hydrogen-bond donors (Lipinski definition) is 0. The van der Waals surface area contributed by atoms with Gasteiger partial charge in [0, 0.05) is 0 Å². The molecule has 2 aromatic carbocycles. The minimum atomic E-state index is -2.44. The molecule has 0 aliphatic carbocycles. The fraction of sp³-hybridized carbons (Fsp3) is 0.320. The Morgan fingerprint density at radius 3 is 1.79 bits per heavy atom. The van der Waals surface area contributed by atoms with E-state index in [0.717, 1.165) is 18.9 Å². The summed E-state index contributed by atoms with van der Waals surface area (Å²) in [7, 11) is 0. The first-order valence-corrected chi connectivity index (χ1v) is 10.7. The third kappa shape index (κ3) is 3.42. The van der Waals surface area contributed by atoms with Gasteiger partial charge in [-0.25, -0.2) is 9.80 Å². The van der Waals surface area contributed by atoms with Crippen molar-refractivity contribution < 1.29 is 28.7 Å². The number of anilines is 1. The van der Waals surface area contributed by atoms with Gasteiger partial charge in [-0.3, -0.25) is 14.4 Å². The van der Waals surface area contributed by atoms with E-state index in [9.17, 15) is 19.2 Å². The molecule has 0 fully saturated rings. The molecule has 1 heterocycles. The fourth-order valence-electron chi connectivity index (χ4n) is 4.35. The van der Waals surface area contributed by atoms with Crippen LogP contribution in [-0.4, -0.2) is 48.0 Å². The van der Waals surface area contributed by atoms with E-state index in [2.05, 4.69) is 5.10 Å². The molecule has 0 unspecified atom stereocenters. The van der Waals surface area contributed by atoms with Crippen LogP contribution >= 0.6 is 0 Å². The molecular formula is C25H26N2O6. The third-order valence-corrected chi connectivity index (χ3v) is 5.65. The van der Waals surface area contributed by atoms with Crippen molar-refractivity contribution in [3.8, 4) is 0 Å². The second-order valence-corrected chi connectivity index (χ2v) is 7.48. The lowest BCUT2D eigenvalue weighted by atomic mass is 9.61. The molecule has 0 saturated heterocycles. The van der Waals surface area contributed by atoms with E-state index in [0.29, 0.717) is 11.3 Å². The molecule has 8 nitrogen and oxygen atoms in total. The van der Waals surface area contributed by atoms with Crippen LogP contribution in [0, 0.1) is 5.41 Å². The second-order valence-electron chi connectivity index (χ2n) is 7.48. The molecule has 1 aliphatic heterocycles. The molecule has 1 aliphatic rings. The number of carbonyl (C=O) groups is 4. The topological polar surface area (TPSA) is 102 Å². The van der Waals surface area contributed by atoms with E-state index in [1.165, 1.54) is 0 Å². The lowest BCUT2D eigenvalue weighted by Gasteiger charge is -2.42. The van der Waals surface area contributed by atoms with Crippen LogP contribution in [0.1, 0.15) is 33.3 Å². The van der Waals surface area contributed by atoms with Crippen LogP contribution in [0.25, 0.3) is 0 Å². The van der Waals surface area contributed by atoms with Gasteiger partial charge in [0.1, 0.15) is 0 Å². The van der Waals surface area contributed by atoms with Crippen LogP contribution < -0.4 is 5.01 Å². The van der Waals surface area contributed by atoms with E-state index in [1.807, 2.05) is 0 Å². The number of esters is 2. The van der Waals surface area contributed by atoms with Gasteiger partial charge in [-0.2, -0.15) is 5.10 Å². The lowest BCUT2D eigenvalue weighted by Crippen LogP contribution is -2.72. The maximum atomic E-state index is 13.7. The second kappa shape index (κ2) is 9.36. The van der Waals surface area contributed by atoms with Crippen molar-refractivity contribution in [2.45, 2.75) is 33.2 Å². The average Bonchev–Trinajstić information content (AvgIpc) is 3.14. The van der Waals surface area contributed by atoms with E-state index in [-0.39, 0.29) is 18.9 Å². The highest BCUT2D eigenvalue weighted by molar-refractivity contribution is 6.39. The zero-order valence-electron chi connectivity index (χ0n) is 19.0. The largest absolute Gasteiger partial charge is 0.465 e. The van der Waals surface area contributed by atoms with Crippen LogP contribution in [-0.2, 0) is 28.7 Å². The number of Topliss-reactive ketones (excluding diaryl/α,β-unsaturated/α-hetero) is 2. The van der Waals surface area contributed by atoms with Gasteiger partial charge >= 0.3 is 11.9 Å². The van der Waals surface area contributed by atoms with Gasteiger partial charge in [-0.15, -0.1) is 0 Å². The van der Waals surface area contributed by atoms with Crippen LogP contribution in [0.5, 0.6) is 0 Å². The van der Waals surface area contributed by atoms with E-state index < -0.39 is 34.5 Å². The van der Waals surface area contributed by atoms with Crippen molar-refractivity contribution in [1.82, 2.24) is 0 Å². The summed E-state index contributed by atoms with van der Waals surface area (Å²) in [6, 6.07) is 16.9. The highest BCUT2D eigenvalue weighted by Gasteiger charge is 2.78. The monoisotopic (exact) mass is 450 g/mol. The Labute approximate surface area is 192 Å². The number of ketones is 2. The van der Waals surface area contributed by atoms with Gasteiger partial charge in [-0.1, -0.05) is 48.5 Å². The SMILES string of the molecule is CCOC(=O)[C@@]1(C(C)=O)C(c2ccccc2)=NN(c2ccccc2)[C@]1(C(C)=O)C(=O)OCC. The molecule has 2 atom stereocenters. The van der Waals surface area contributed by atoms with Crippen molar-refractivity contribution in [2.24, 2.45) is 10.5 Å². The molecule has 0 spiro atoms. The predicted octanol–water partition coefficient (Wildman–Crippen LogP) is 2.94. The number of hydrogen-bond acceptors (Lipinski definition) is 8. The van der Waals surface area contributed by atoms with Gasteiger partial charge in [0.25, 0.3) is 0 Å². The zero-order valence-corrected chi connectivity index (χ0v) is 19.0. The maximum absolute atomic E-state index is 13.7. The summed E-state index contributed by atoms with van der Waals surface area (Å²) in [5.41, 5.74) is -4.15. The first-order chi connectivity index (χ1) is 15.8. The molecular weight excluding hydrogens is 424 g/mol. The minimum absolute atomic E-state index is 0.0545. The number of rotatable bonds is 8. The Hall–Kier alpha value is -3.81. The van der Waals surface area contributed by atoms with Crippen molar-refractivity contribution in [3.63, 3.8) is 0 Å². The maximum Gasteiger partial charge on any atom is 0.344 e. The Morgan fingerprint density at radius 1 is 0.788 bits per heavy atom. The molecule has 33 heavy (non-hydrogen) atoms. The lowest BCUT2D eigenvalue weighted by molar-refractivity contribution is -0.171. The van der Waals surface area contributed by atoms with Gasteiger partial charge in [0.15, 0.2) is 11.6 Å². The predicted molar refractivity (Wildman–Crippen MR) is 122 cm³/mol. The molecule has 0 saturated carbocycles. The summed E-state index contributed by atoms with van der Waals surface area (Å²) in [5, 5.41) is 5.72. The fourth-order valence-corrected chi connectivity index (χ4v) is 4.35. The quantitative estimate of drug-likeness (QED) is 0.450. The van der Waals surface area contributed by atoms with Crippen molar-refractivity contribution in [1.29, 1.82) is 0 Å². The average molecular weight is 450 g/mol. The summed E-state index contributed by atoms with van der Waals surface area (Å²) < 4.78 is 10.7. The first kappa shape index (κ1) is 23.8. The molecule has 0 bridgehead atoms. The van der Waals surface area contributed by atoms with Crippen molar-refractivity contribution in [2.75, 3.05) is 18.2 Å². The van der Waals surface area contributed by atoms with Crippen LogP contribution in [0.3, 0.4) is 0 Å². The standard InChI is InChI=1S/C25H26N2O6/c1-5-32-22(30)24(17(3)28)21(19-13-9-7-10-14-19)26-27(20-15-11-8-12-16-20)25(24,18(4)29)23(31)33-6-2/h7-16H,5-6H2,1-4H3/t24-,25-/m1/s1. The number of ether oxygens (including phenoxy) is 2. The van der Waals surface area contributed by atoms with Crippen LogP contribution in [0.15, 0.2) is 65.8 Å². The normalized spacial score (nSPS) is 21.8. The molecule has 8 heteroatoms. The van der Waals surface area contributed by atoms with Gasteiger partial charge in [-0.05, 0) is 45.4 Å². The number of carbonyl (C=O) groups excluding carboxylic acids is 4. The Balaban J connectivity index is 2.52. The zero-order chi connectivity index (χ0) is 24.2. The Bertz CT molecular complexity index is 1100. The first-order valence-electron chi connectivity index (χ1n) is 10.7. The van der Waals surface area contributed by atoms with Gasteiger partial charge in [0.05, 0.1) is 24.6 Å². The number of para-hydroxylation sites is 1. The smallest absolute Gasteiger partial charge is 0.344 e. The summed E-state index contributed by atoms with van der Waals surface area (Å²) >= 11 is 0. The molecule has 0 aromatic heterocycles. The molecule has 3 rings (SSSR count). The highest BCUT2D eigenvalue weighted by atomic mass is 16.5. The summed E-state index contributed by atoms with van der Waals surface area (Å²) in [4.78, 5) is 54.4. The molecule has 0 radical (unpaired) electrons. The Kier molecular flexibility index (Phi) is 6.76. The summed E-state index contributed by atoms with van der Waals surface area (Å²) in [5.74, 6) is -3.63. The van der Waals surface area contributed by atoms with E-state index in [1.54, 1.807) is 74.5 Å². The summed E-state index contributed by atoms with van der Waals surface area (Å²) in [6.45, 7) is 5.31. The van der Waals surface area contributed by atoms with Crippen LogP contribution in [0.4, 0.5) is 5.69 Å². The van der Waals surface area contributed by atoms with Crippen molar-refractivity contribution >= 4 is 34.9 Å². The van der Waals surface area contributed by atoms with E-state index in [4.69, 9.17) is 9.47 Å². The number of hydrazone groups is 1. The molecule has 0 amide bonds. The highest BCUT2D eigenvalue weighted by Crippen LogP contribution is 2.50. The van der Waals surface area contributed by atoms with Gasteiger partial charge in [0.2, 0.25) is 11.0 Å². The molecule has 0 N–H and O–H groups in total. The minimum Gasteiger partial charge on any atom is -0.465 e. The van der Waals surface area contributed by atoms with Crippen molar-refractivity contribution in [3.05, 3.63) is 66.2 Å². The number of benzene rings is 2. The summed E-state index contributed by atoms with van der Waals surface area (Å²) in [6.07, 6.45) is 0. The van der Waals surface area contributed by atoms with Crippen LogP contribution in [0.2, 0.25) is 0 Å². The Morgan fingerprint density at radius 2 is 1.30 bits per heavy atom. The van der Waals surface area contributed by atoms with Gasteiger partial charge < -0.3 is 9.47 Å². The molecule has 2 aromatic rings. The molecule has 172 valence electrons. The number of nitrogens with zero attached hydrogens (tertiary/aromatic N) is 2.